The molecule has 2 N–H and O–H groups in total. The molecule has 8 nitrogen and oxygen atoms in total. The highest BCUT2D eigenvalue weighted by Crippen LogP contribution is 2.08. The Morgan fingerprint density at radius 1 is 0.857 bits per heavy atom. The van der Waals surface area contributed by atoms with Crippen molar-refractivity contribution >= 4 is 49.0 Å². The van der Waals surface area contributed by atoms with Crippen LogP contribution in [0.2, 0.25) is 0 Å². The standard InChI is InChI=1S/C18H24N2O6S2/c1-3-25-17(23)13(9-27)19-15(21)11-6-5-7-12(8-11)16(22)20-14(10-28)18(24)26-4-2/h5-8,13-14,27-28H,3-4,9-10H2,1-2H3,(H,19,21)(H,20,22). The number of hydrogen-bond donors (Lipinski definition) is 4. The Kier molecular flexibility index (Phi) is 10.5. The number of rotatable bonds is 10. The summed E-state index contributed by atoms with van der Waals surface area (Å²) in [5.41, 5.74) is 0.338. The molecular weight excluding hydrogens is 404 g/mol. The molecule has 0 spiro atoms. The fourth-order valence-corrected chi connectivity index (χ4v) is 2.61. The van der Waals surface area contributed by atoms with Gasteiger partial charge in [0.05, 0.1) is 13.2 Å². The Bertz CT molecular complexity index is 658. The zero-order chi connectivity index (χ0) is 21.1. The van der Waals surface area contributed by atoms with E-state index in [-0.39, 0.29) is 35.8 Å². The van der Waals surface area contributed by atoms with Gasteiger partial charge < -0.3 is 20.1 Å². The summed E-state index contributed by atoms with van der Waals surface area (Å²) in [7, 11) is 0. The van der Waals surface area contributed by atoms with Crippen molar-refractivity contribution in [2.75, 3.05) is 24.7 Å². The lowest BCUT2D eigenvalue weighted by atomic mass is 10.1. The van der Waals surface area contributed by atoms with E-state index in [1.807, 2.05) is 0 Å². The number of ether oxygens (including phenoxy) is 2. The minimum Gasteiger partial charge on any atom is -0.464 e. The third kappa shape index (κ3) is 7.08. The average molecular weight is 429 g/mol. The van der Waals surface area contributed by atoms with E-state index in [4.69, 9.17) is 9.47 Å². The van der Waals surface area contributed by atoms with Crippen LogP contribution in [0.4, 0.5) is 0 Å². The Morgan fingerprint density at radius 2 is 1.25 bits per heavy atom. The Labute approximate surface area is 174 Å². The highest BCUT2D eigenvalue weighted by molar-refractivity contribution is 7.80. The fraction of sp³-hybridized carbons (Fsp3) is 0.444. The molecule has 2 unspecified atom stereocenters. The lowest BCUT2D eigenvalue weighted by molar-refractivity contribution is -0.145. The van der Waals surface area contributed by atoms with Crippen molar-refractivity contribution in [3.63, 3.8) is 0 Å². The molecule has 0 radical (unpaired) electrons. The van der Waals surface area contributed by atoms with E-state index in [0.717, 1.165) is 0 Å². The van der Waals surface area contributed by atoms with Gasteiger partial charge in [-0.05, 0) is 32.0 Å². The van der Waals surface area contributed by atoms with Crippen molar-refractivity contribution in [2.45, 2.75) is 25.9 Å². The van der Waals surface area contributed by atoms with Crippen molar-refractivity contribution in [1.82, 2.24) is 10.6 Å². The summed E-state index contributed by atoms with van der Waals surface area (Å²) >= 11 is 8.08. The minimum absolute atomic E-state index is 0.0634. The summed E-state index contributed by atoms with van der Waals surface area (Å²) in [6.45, 7) is 3.68. The molecule has 0 aliphatic rings. The predicted octanol–water partition coefficient (Wildman–Crippen LogP) is 0.869. The first kappa shape index (κ1) is 23.8. The molecule has 2 amide bonds. The van der Waals surface area contributed by atoms with Gasteiger partial charge in [-0.2, -0.15) is 25.3 Å². The topological polar surface area (TPSA) is 111 Å². The molecule has 28 heavy (non-hydrogen) atoms. The molecule has 0 saturated heterocycles. The van der Waals surface area contributed by atoms with Gasteiger partial charge >= 0.3 is 11.9 Å². The Balaban J connectivity index is 2.87. The first-order valence-electron chi connectivity index (χ1n) is 8.64. The van der Waals surface area contributed by atoms with Gasteiger partial charge in [0.1, 0.15) is 12.1 Å². The van der Waals surface area contributed by atoms with Gasteiger partial charge in [0.15, 0.2) is 0 Å². The van der Waals surface area contributed by atoms with E-state index in [1.165, 1.54) is 24.3 Å². The predicted molar refractivity (Wildman–Crippen MR) is 110 cm³/mol. The Morgan fingerprint density at radius 3 is 1.57 bits per heavy atom. The van der Waals surface area contributed by atoms with Gasteiger partial charge in [-0.15, -0.1) is 0 Å². The van der Waals surface area contributed by atoms with E-state index in [9.17, 15) is 19.2 Å². The normalized spacial score (nSPS) is 12.4. The first-order chi connectivity index (χ1) is 13.4. The maximum atomic E-state index is 12.4. The maximum absolute atomic E-state index is 12.4. The van der Waals surface area contributed by atoms with Crippen LogP contribution in [0.1, 0.15) is 34.6 Å². The maximum Gasteiger partial charge on any atom is 0.329 e. The SMILES string of the molecule is CCOC(=O)C(CS)NC(=O)c1cccc(C(=O)NC(CS)C(=O)OCC)c1. The molecular formula is C18H24N2O6S2. The third-order valence-electron chi connectivity index (χ3n) is 3.50. The molecule has 2 atom stereocenters. The monoisotopic (exact) mass is 428 g/mol. The van der Waals surface area contributed by atoms with Crippen molar-refractivity contribution in [3.8, 4) is 0 Å². The third-order valence-corrected chi connectivity index (χ3v) is 4.24. The quantitative estimate of drug-likeness (QED) is 0.325. The number of nitrogens with one attached hydrogen (secondary N) is 2. The van der Waals surface area contributed by atoms with Crippen LogP contribution in [0, 0.1) is 0 Å². The molecule has 10 heteroatoms. The van der Waals surface area contributed by atoms with Crippen LogP contribution < -0.4 is 10.6 Å². The van der Waals surface area contributed by atoms with E-state index in [0.29, 0.717) is 0 Å². The van der Waals surface area contributed by atoms with Crippen LogP contribution in [0.5, 0.6) is 0 Å². The minimum atomic E-state index is -0.911. The molecule has 0 bridgehead atoms. The summed E-state index contributed by atoms with van der Waals surface area (Å²) < 4.78 is 9.75. The van der Waals surface area contributed by atoms with Crippen LogP contribution in [0.3, 0.4) is 0 Å². The number of carbonyl (C=O) groups excluding carboxylic acids is 4. The first-order valence-corrected chi connectivity index (χ1v) is 9.91. The number of amides is 2. The molecule has 0 aliphatic heterocycles. The summed E-state index contributed by atoms with van der Waals surface area (Å²) in [5.74, 6) is -2.17. The van der Waals surface area contributed by atoms with Crippen LogP contribution in [-0.4, -0.2) is 60.6 Å². The number of hydrogen-bond acceptors (Lipinski definition) is 8. The highest BCUT2D eigenvalue weighted by atomic mass is 32.1. The second-order valence-corrected chi connectivity index (χ2v) is 6.23. The van der Waals surface area contributed by atoms with Gasteiger partial charge in [0, 0.05) is 22.6 Å². The molecule has 0 aromatic heterocycles. The molecule has 0 aliphatic carbocycles. The number of carbonyl (C=O) groups is 4. The Hall–Kier alpha value is -2.20. The van der Waals surface area contributed by atoms with Gasteiger partial charge in [0.25, 0.3) is 11.8 Å². The van der Waals surface area contributed by atoms with E-state index < -0.39 is 35.8 Å². The van der Waals surface area contributed by atoms with Crippen molar-refractivity contribution in [1.29, 1.82) is 0 Å². The lowest BCUT2D eigenvalue weighted by Crippen LogP contribution is -2.44. The lowest BCUT2D eigenvalue weighted by Gasteiger charge is -2.16. The van der Waals surface area contributed by atoms with Crippen LogP contribution in [0.25, 0.3) is 0 Å². The second-order valence-electron chi connectivity index (χ2n) is 5.50. The summed E-state index contributed by atoms with van der Waals surface area (Å²) in [4.78, 5) is 48.4. The summed E-state index contributed by atoms with van der Waals surface area (Å²) in [6, 6.07) is 4.04. The summed E-state index contributed by atoms with van der Waals surface area (Å²) in [6.07, 6.45) is 0. The van der Waals surface area contributed by atoms with Gasteiger partial charge in [-0.1, -0.05) is 6.07 Å². The number of benzene rings is 1. The van der Waals surface area contributed by atoms with E-state index in [1.54, 1.807) is 13.8 Å². The average Bonchev–Trinajstić information content (AvgIpc) is 2.70. The molecule has 1 aromatic rings. The summed E-state index contributed by atoms with van der Waals surface area (Å²) in [5, 5.41) is 5.03. The largest absolute Gasteiger partial charge is 0.464 e. The molecule has 0 heterocycles. The van der Waals surface area contributed by atoms with Crippen molar-refractivity contribution < 1.29 is 28.7 Å². The van der Waals surface area contributed by atoms with Crippen molar-refractivity contribution in [3.05, 3.63) is 35.4 Å². The molecule has 1 aromatic carbocycles. The van der Waals surface area contributed by atoms with Crippen molar-refractivity contribution in [2.24, 2.45) is 0 Å². The van der Waals surface area contributed by atoms with E-state index in [2.05, 4.69) is 35.9 Å². The molecule has 0 saturated carbocycles. The smallest absolute Gasteiger partial charge is 0.329 e. The van der Waals surface area contributed by atoms with Gasteiger partial charge in [0.2, 0.25) is 0 Å². The second kappa shape index (κ2) is 12.3. The van der Waals surface area contributed by atoms with Gasteiger partial charge in [-0.25, -0.2) is 9.59 Å². The number of thiol groups is 2. The molecule has 0 fully saturated rings. The molecule has 154 valence electrons. The zero-order valence-corrected chi connectivity index (χ0v) is 17.4. The highest BCUT2D eigenvalue weighted by Gasteiger charge is 2.23. The van der Waals surface area contributed by atoms with Crippen LogP contribution >= 0.6 is 25.3 Å². The zero-order valence-electron chi connectivity index (χ0n) is 15.6. The van der Waals surface area contributed by atoms with E-state index >= 15 is 0 Å². The van der Waals surface area contributed by atoms with Crippen LogP contribution in [0.15, 0.2) is 24.3 Å². The molecule has 1 rings (SSSR count). The fourth-order valence-electron chi connectivity index (χ4n) is 2.13. The van der Waals surface area contributed by atoms with Gasteiger partial charge in [-0.3, -0.25) is 9.59 Å². The van der Waals surface area contributed by atoms with Crippen LogP contribution in [-0.2, 0) is 19.1 Å². The number of esters is 2.